The minimum Gasteiger partial charge on any atom is -0.328 e. The normalized spacial score (nSPS) is 21.0. The minimum absolute atomic E-state index is 0.209. The average Bonchev–Trinajstić information content (AvgIpc) is 3.42. The molecule has 9 aromatic carbocycles. The molecule has 2 heteroatoms. The van der Waals surface area contributed by atoms with Gasteiger partial charge in [0.1, 0.15) is 0 Å². The maximum atomic E-state index is 2.62. The summed E-state index contributed by atoms with van der Waals surface area (Å²) in [6, 6.07) is 86.6. The fraction of sp³-hybridized carbons (Fsp3) is 0.118. The van der Waals surface area contributed by atoms with Crippen molar-refractivity contribution in [2.45, 2.75) is 44.1 Å². The summed E-state index contributed by atoms with van der Waals surface area (Å²) in [6.07, 6.45) is 10.0. The molecule has 1 heterocycles. The van der Waals surface area contributed by atoms with E-state index in [1.165, 1.54) is 78.2 Å². The van der Waals surface area contributed by atoms with Gasteiger partial charge in [0, 0.05) is 39.3 Å². The van der Waals surface area contributed by atoms with Gasteiger partial charge in [-0.3, -0.25) is 0 Å². The number of allylic oxidation sites excluding steroid dienone is 4. The van der Waals surface area contributed by atoms with Crippen molar-refractivity contribution in [3.8, 4) is 44.5 Å². The lowest BCUT2D eigenvalue weighted by Gasteiger charge is -2.59. The van der Waals surface area contributed by atoms with Gasteiger partial charge in [-0.15, -0.1) is 0 Å². The molecule has 4 unspecified atom stereocenters. The van der Waals surface area contributed by atoms with Crippen LogP contribution in [0.5, 0.6) is 0 Å². The van der Waals surface area contributed by atoms with Crippen LogP contribution in [0.3, 0.4) is 0 Å². The molecule has 0 saturated carbocycles. The predicted octanol–water partition coefficient (Wildman–Crippen LogP) is 18.0. The second kappa shape index (κ2) is 17.1. The zero-order chi connectivity index (χ0) is 47.5. The Hall–Kier alpha value is -8.20. The molecule has 0 spiro atoms. The van der Waals surface area contributed by atoms with E-state index in [9.17, 15) is 0 Å². The SMILES string of the molecule is CC1C=CC2(C)C3=C1C(C)(c1ccc(N(c4ccc(-c5ccccc5)cc4)c4ccc(-c5ccccc5)cc4)cc1)C=CC3(C)N(c1ccc(-c3ccccc3)cc1)c1ccc(-c3ccccc3)cc12. The zero-order valence-corrected chi connectivity index (χ0v) is 40.3. The van der Waals surface area contributed by atoms with Crippen molar-refractivity contribution in [2.24, 2.45) is 5.92 Å². The van der Waals surface area contributed by atoms with Crippen molar-refractivity contribution in [3.05, 3.63) is 283 Å². The first-order valence-corrected chi connectivity index (χ1v) is 24.7. The van der Waals surface area contributed by atoms with Crippen LogP contribution >= 0.6 is 0 Å². The molecule has 0 fully saturated rings. The van der Waals surface area contributed by atoms with E-state index >= 15 is 0 Å². The summed E-state index contributed by atoms with van der Waals surface area (Å²) < 4.78 is 0. The molecule has 0 bridgehead atoms. The van der Waals surface area contributed by atoms with Gasteiger partial charge in [0.15, 0.2) is 0 Å². The summed E-state index contributed by atoms with van der Waals surface area (Å²) in [4.78, 5) is 5.01. The van der Waals surface area contributed by atoms with Crippen LogP contribution in [0, 0.1) is 5.92 Å². The maximum absolute atomic E-state index is 2.62. The van der Waals surface area contributed by atoms with E-state index in [0.717, 1.165) is 17.1 Å². The highest BCUT2D eigenvalue weighted by Gasteiger charge is 2.56. The van der Waals surface area contributed by atoms with Gasteiger partial charge in [0.25, 0.3) is 0 Å². The molecule has 1 aliphatic heterocycles. The topological polar surface area (TPSA) is 6.48 Å². The fourth-order valence-corrected chi connectivity index (χ4v) is 12.0. The largest absolute Gasteiger partial charge is 0.328 e. The molecule has 2 aliphatic carbocycles. The predicted molar refractivity (Wildman–Crippen MR) is 295 cm³/mol. The minimum atomic E-state index is -0.452. The molecule has 9 aromatic rings. The number of benzene rings is 9. The maximum Gasteiger partial charge on any atom is 0.0833 e. The molecular weight excluding hydrogens is 845 g/mol. The summed E-state index contributed by atoms with van der Waals surface area (Å²) in [5.74, 6) is 0.209. The molecule has 0 radical (unpaired) electrons. The molecule has 0 N–H and O–H groups in total. The number of hydrogen-bond donors (Lipinski definition) is 0. The molecule has 0 amide bonds. The molecule has 338 valence electrons. The lowest BCUT2D eigenvalue weighted by molar-refractivity contribution is 0.441. The van der Waals surface area contributed by atoms with Gasteiger partial charge in [-0.1, -0.05) is 207 Å². The molecule has 0 saturated heterocycles. The number of fused-ring (bicyclic) bond motifs is 2. The lowest BCUT2D eigenvalue weighted by Crippen LogP contribution is -2.58. The van der Waals surface area contributed by atoms with Crippen molar-refractivity contribution >= 4 is 28.4 Å². The van der Waals surface area contributed by atoms with E-state index in [1.807, 2.05) is 0 Å². The summed E-state index contributed by atoms with van der Waals surface area (Å²) in [5.41, 5.74) is 19.8. The van der Waals surface area contributed by atoms with Crippen LogP contribution < -0.4 is 9.80 Å². The molecule has 2 nitrogen and oxygen atoms in total. The molecule has 12 rings (SSSR count). The Bertz CT molecular complexity index is 3350. The van der Waals surface area contributed by atoms with Gasteiger partial charge in [0.05, 0.1) is 5.54 Å². The van der Waals surface area contributed by atoms with E-state index in [0.29, 0.717) is 0 Å². The average molecular weight is 901 g/mol. The van der Waals surface area contributed by atoms with E-state index < -0.39 is 5.54 Å². The van der Waals surface area contributed by atoms with E-state index in [-0.39, 0.29) is 16.7 Å². The first kappa shape index (κ1) is 43.1. The van der Waals surface area contributed by atoms with Crippen molar-refractivity contribution in [3.63, 3.8) is 0 Å². The molecule has 0 aromatic heterocycles. The fourth-order valence-electron chi connectivity index (χ4n) is 12.0. The molecule has 70 heavy (non-hydrogen) atoms. The van der Waals surface area contributed by atoms with Crippen LogP contribution in [-0.4, -0.2) is 5.54 Å². The van der Waals surface area contributed by atoms with Gasteiger partial charge in [-0.05, 0) is 154 Å². The highest BCUT2D eigenvalue weighted by atomic mass is 15.2. The third-order valence-corrected chi connectivity index (χ3v) is 15.6. The molecular formula is C68H56N2. The number of hydrogen-bond acceptors (Lipinski definition) is 2. The van der Waals surface area contributed by atoms with Crippen LogP contribution in [0.4, 0.5) is 28.4 Å². The number of nitrogens with zero attached hydrogens (tertiary/aromatic N) is 2. The van der Waals surface area contributed by atoms with Crippen LogP contribution in [-0.2, 0) is 10.8 Å². The number of rotatable bonds is 9. The van der Waals surface area contributed by atoms with Crippen LogP contribution in [0.25, 0.3) is 44.5 Å². The Labute approximate surface area is 413 Å². The summed E-state index contributed by atoms with van der Waals surface area (Å²) in [5, 5.41) is 0. The molecule has 4 atom stereocenters. The second-order valence-electron chi connectivity index (χ2n) is 19.9. The van der Waals surface area contributed by atoms with Crippen LogP contribution in [0.2, 0.25) is 0 Å². The van der Waals surface area contributed by atoms with E-state index in [4.69, 9.17) is 0 Å². The van der Waals surface area contributed by atoms with Gasteiger partial charge in [0.2, 0.25) is 0 Å². The highest BCUT2D eigenvalue weighted by molar-refractivity contribution is 5.86. The van der Waals surface area contributed by atoms with Crippen LogP contribution in [0.1, 0.15) is 38.8 Å². The van der Waals surface area contributed by atoms with Gasteiger partial charge in [-0.25, -0.2) is 0 Å². The van der Waals surface area contributed by atoms with Gasteiger partial charge in [-0.2, -0.15) is 0 Å². The summed E-state index contributed by atoms with van der Waals surface area (Å²) in [7, 11) is 0. The van der Waals surface area contributed by atoms with Crippen LogP contribution in [0.15, 0.2) is 272 Å². The first-order chi connectivity index (χ1) is 34.2. The Kier molecular flexibility index (Phi) is 10.5. The third-order valence-electron chi connectivity index (χ3n) is 15.6. The van der Waals surface area contributed by atoms with E-state index in [2.05, 4.69) is 298 Å². The van der Waals surface area contributed by atoms with Crippen molar-refractivity contribution < 1.29 is 0 Å². The highest BCUT2D eigenvalue weighted by Crippen LogP contribution is 2.63. The second-order valence-corrected chi connectivity index (χ2v) is 19.9. The first-order valence-electron chi connectivity index (χ1n) is 24.7. The van der Waals surface area contributed by atoms with Crippen molar-refractivity contribution in [1.82, 2.24) is 0 Å². The van der Waals surface area contributed by atoms with Crippen molar-refractivity contribution in [1.29, 1.82) is 0 Å². The Morgan fingerprint density at radius 2 is 0.786 bits per heavy atom. The lowest BCUT2D eigenvalue weighted by atomic mass is 9.52. The summed E-state index contributed by atoms with van der Waals surface area (Å²) >= 11 is 0. The zero-order valence-electron chi connectivity index (χ0n) is 40.3. The van der Waals surface area contributed by atoms with Gasteiger partial charge >= 0.3 is 0 Å². The monoisotopic (exact) mass is 900 g/mol. The Balaban J connectivity index is 0.980. The Morgan fingerprint density at radius 3 is 1.26 bits per heavy atom. The Morgan fingerprint density at radius 1 is 0.386 bits per heavy atom. The third kappa shape index (κ3) is 7.17. The standard InChI is InChI=1S/C68H56N2/c1-48-43-44-67(3)62-47-56(52-23-15-8-16-24-52)31-42-63(62)70(61-38-29-55(30-39-61)51-21-13-7-14-22-51)68(4)46-45-66(2,64(48)65(67)68)57-32-40-60(41-33-57)69(58-34-25-53(26-35-58)49-17-9-5-10-18-49)59-36-27-54(28-37-59)50-19-11-6-12-20-50/h5-48H,1-4H3. The van der Waals surface area contributed by atoms with E-state index in [1.54, 1.807) is 0 Å². The summed E-state index contributed by atoms with van der Waals surface area (Å²) in [6.45, 7) is 9.78. The number of anilines is 5. The quantitative estimate of drug-likeness (QED) is 0.133. The molecule has 3 aliphatic rings. The van der Waals surface area contributed by atoms with Crippen molar-refractivity contribution in [2.75, 3.05) is 9.80 Å². The smallest absolute Gasteiger partial charge is 0.0833 e. The van der Waals surface area contributed by atoms with Gasteiger partial charge < -0.3 is 9.80 Å².